The van der Waals surface area contributed by atoms with Crippen molar-refractivity contribution in [1.82, 2.24) is 4.98 Å². The summed E-state index contributed by atoms with van der Waals surface area (Å²) in [5, 5.41) is 9.24. The van der Waals surface area contributed by atoms with Crippen LogP contribution in [0.5, 0.6) is 0 Å². The Kier molecular flexibility index (Phi) is 2.14. The van der Waals surface area contributed by atoms with Gasteiger partial charge in [0, 0.05) is 6.20 Å². The second-order valence-corrected chi connectivity index (χ2v) is 3.03. The summed E-state index contributed by atoms with van der Waals surface area (Å²) in [6.45, 7) is 0. The third kappa shape index (κ3) is 1.44. The number of pyridine rings is 1. The number of aliphatic hydroxyl groups is 1. The van der Waals surface area contributed by atoms with Crippen molar-refractivity contribution in [2.24, 2.45) is 0 Å². The van der Waals surface area contributed by atoms with Gasteiger partial charge in [-0.05, 0) is 18.2 Å². The lowest BCUT2D eigenvalue weighted by molar-refractivity contribution is -0.118. The molecule has 3 heteroatoms. The van der Waals surface area contributed by atoms with E-state index in [-0.39, 0.29) is 11.5 Å². The largest absolute Gasteiger partial charge is 0.504 e. The summed E-state index contributed by atoms with van der Waals surface area (Å²) in [4.78, 5) is 15.6. The van der Waals surface area contributed by atoms with Crippen LogP contribution in [-0.2, 0) is 4.79 Å². The van der Waals surface area contributed by atoms with E-state index in [1.165, 1.54) is 6.08 Å². The van der Waals surface area contributed by atoms with E-state index in [4.69, 9.17) is 0 Å². The molecular weight excluding hydrogens is 178 g/mol. The van der Waals surface area contributed by atoms with Gasteiger partial charge in [0.15, 0.2) is 5.76 Å². The first-order valence-electron chi connectivity index (χ1n) is 4.31. The Balaban J connectivity index is 2.34. The first kappa shape index (κ1) is 8.69. The molecule has 14 heavy (non-hydrogen) atoms. The molecule has 2 rings (SSSR count). The average molecular weight is 187 g/mol. The molecule has 1 N–H and O–H groups in total. The van der Waals surface area contributed by atoms with E-state index in [1.54, 1.807) is 30.5 Å². The second kappa shape index (κ2) is 3.46. The van der Waals surface area contributed by atoms with Crippen molar-refractivity contribution in [3.8, 4) is 0 Å². The van der Waals surface area contributed by atoms with E-state index in [2.05, 4.69) is 4.98 Å². The molecule has 1 aliphatic carbocycles. The summed E-state index contributed by atoms with van der Waals surface area (Å²) in [7, 11) is 0. The number of allylic oxidation sites excluding steroid dienone is 4. The highest BCUT2D eigenvalue weighted by atomic mass is 16.3. The normalized spacial score (nSPS) is 20.7. The van der Waals surface area contributed by atoms with Crippen LogP contribution >= 0.6 is 0 Å². The van der Waals surface area contributed by atoms with E-state index in [0.717, 1.165) is 0 Å². The number of hydrogen-bond donors (Lipinski definition) is 1. The van der Waals surface area contributed by atoms with Gasteiger partial charge in [0.2, 0.25) is 5.78 Å². The average Bonchev–Trinajstić information content (AvgIpc) is 2.23. The molecule has 0 fully saturated rings. The zero-order valence-electron chi connectivity index (χ0n) is 7.42. The summed E-state index contributed by atoms with van der Waals surface area (Å²) in [5.41, 5.74) is 0.661. The smallest absolute Gasteiger partial charge is 0.209 e. The van der Waals surface area contributed by atoms with Crippen LogP contribution in [0.15, 0.2) is 48.4 Å². The van der Waals surface area contributed by atoms with E-state index in [1.807, 2.05) is 6.07 Å². The monoisotopic (exact) mass is 187 g/mol. The number of aliphatic hydroxyl groups excluding tert-OH is 1. The van der Waals surface area contributed by atoms with Crippen LogP contribution in [0.25, 0.3) is 0 Å². The van der Waals surface area contributed by atoms with E-state index in [0.29, 0.717) is 5.69 Å². The zero-order chi connectivity index (χ0) is 9.97. The Hall–Kier alpha value is -1.90. The summed E-state index contributed by atoms with van der Waals surface area (Å²) < 4.78 is 0. The van der Waals surface area contributed by atoms with Crippen molar-refractivity contribution in [3.63, 3.8) is 0 Å². The number of rotatable bonds is 1. The minimum Gasteiger partial charge on any atom is -0.504 e. The maximum absolute atomic E-state index is 11.5. The number of aromatic nitrogens is 1. The first-order valence-corrected chi connectivity index (χ1v) is 4.31. The Labute approximate surface area is 81.4 Å². The molecule has 0 amide bonds. The molecule has 0 aliphatic heterocycles. The van der Waals surface area contributed by atoms with Crippen molar-refractivity contribution in [3.05, 3.63) is 54.1 Å². The van der Waals surface area contributed by atoms with Crippen molar-refractivity contribution >= 4 is 5.78 Å². The van der Waals surface area contributed by atoms with Crippen LogP contribution in [0.2, 0.25) is 0 Å². The van der Waals surface area contributed by atoms with Gasteiger partial charge in [-0.1, -0.05) is 18.2 Å². The highest BCUT2D eigenvalue weighted by Gasteiger charge is 2.23. The second-order valence-electron chi connectivity index (χ2n) is 3.03. The van der Waals surface area contributed by atoms with Gasteiger partial charge in [0.1, 0.15) is 0 Å². The number of ketones is 1. The van der Waals surface area contributed by atoms with Crippen LogP contribution in [0, 0.1) is 0 Å². The van der Waals surface area contributed by atoms with Crippen LogP contribution in [-0.4, -0.2) is 15.9 Å². The third-order valence-electron chi connectivity index (χ3n) is 2.10. The van der Waals surface area contributed by atoms with Crippen LogP contribution in [0.3, 0.4) is 0 Å². The Bertz CT molecular complexity index is 407. The molecule has 1 atom stereocenters. The zero-order valence-corrected chi connectivity index (χ0v) is 7.42. The topological polar surface area (TPSA) is 50.2 Å². The van der Waals surface area contributed by atoms with E-state index >= 15 is 0 Å². The Morgan fingerprint density at radius 1 is 1.36 bits per heavy atom. The fourth-order valence-corrected chi connectivity index (χ4v) is 1.38. The molecule has 0 spiro atoms. The summed E-state index contributed by atoms with van der Waals surface area (Å²) in [6, 6.07) is 5.38. The molecule has 1 aromatic heterocycles. The van der Waals surface area contributed by atoms with Gasteiger partial charge >= 0.3 is 0 Å². The highest BCUT2D eigenvalue weighted by Crippen LogP contribution is 2.22. The molecule has 1 aliphatic rings. The van der Waals surface area contributed by atoms with Gasteiger partial charge in [-0.3, -0.25) is 9.78 Å². The molecule has 0 radical (unpaired) electrons. The molecule has 0 bridgehead atoms. The lowest BCUT2D eigenvalue weighted by atomic mass is 9.94. The maximum atomic E-state index is 11.5. The number of Topliss-reactive ketones (excluding diaryl/α,β-unsaturated/α-hetero) is 1. The standard InChI is InChI=1S/C11H9NO2/c13-10-6-3-4-8(11(10)14)9-5-1-2-7-12-9/h1-8,13H. The van der Waals surface area contributed by atoms with Crippen molar-refractivity contribution in [1.29, 1.82) is 0 Å². The molecule has 1 aromatic rings. The highest BCUT2D eigenvalue weighted by molar-refractivity contribution is 6.00. The number of carbonyl (C=O) groups excluding carboxylic acids is 1. The molecule has 0 aromatic carbocycles. The third-order valence-corrected chi connectivity index (χ3v) is 2.10. The van der Waals surface area contributed by atoms with Crippen LogP contribution in [0.4, 0.5) is 0 Å². The fraction of sp³-hybridized carbons (Fsp3) is 0.0909. The molecule has 1 unspecified atom stereocenters. The van der Waals surface area contributed by atoms with Gasteiger partial charge in [0.25, 0.3) is 0 Å². The molecular formula is C11H9NO2. The SMILES string of the molecule is O=C1C(O)=CC=CC1c1ccccn1. The molecule has 70 valence electrons. The van der Waals surface area contributed by atoms with Crippen LogP contribution in [0.1, 0.15) is 11.6 Å². The number of hydrogen-bond acceptors (Lipinski definition) is 3. The summed E-state index contributed by atoms with van der Waals surface area (Å²) in [5.74, 6) is -0.949. The lowest BCUT2D eigenvalue weighted by Gasteiger charge is -2.12. The summed E-state index contributed by atoms with van der Waals surface area (Å²) in [6.07, 6.45) is 6.41. The molecule has 3 nitrogen and oxygen atoms in total. The quantitative estimate of drug-likeness (QED) is 0.728. The first-order chi connectivity index (χ1) is 6.79. The van der Waals surface area contributed by atoms with Crippen molar-refractivity contribution in [2.75, 3.05) is 0 Å². The fourth-order valence-electron chi connectivity index (χ4n) is 1.38. The van der Waals surface area contributed by atoms with E-state index < -0.39 is 5.92 Å². The van der Waals surface area contributed by atoms with Gasteiger partial charge in [-0.2, -0.15) is 0 Å². The predicted molar refractivity (Wildman–Crippen MR) is 51.8 cm³/mol. The van der Waals surface area contributed by atoms with Crippen molar-refractivity contribution < 1.29 is 9.90 Å². The molecule has 1 heterocycles. The summed E-state index contributed by atoms with van der Waals surface area (Å²) >= 11 is 0. The van der Waals surface area contributed by atoms with Gasteiger partial charge in [-0.15, -0.1) is 0 Å². The van der Waals surface area contributed by atoms with Crippen molar-refractivity contribution in [2.45, 2.75) is 5.92 Å². The maximum Gasteiger partial charge on any atom is 0.209 e. The number of nitrogens with zero attached hydrogens (tertiary/aromatic N) is 1. The van der Waals surface area contributed by atoms with Crippen LogP contribution < -0.4 is 0 Å². The van der Waals surface area contributed by atoms with Gasteiger partial charge in [0.05, 0.1) is 11.6 Å². The number of carbonyl (C=O) groups is 1. The Morgan fingerprint density at radius 2 is 2.21 bits per heavy atom. The minimum absolute atomic E-state index is 0.205. The van der Waals surface area contributed by atoms with Gasteiger partial charge in [-0.25, -0.2) is 0 Å². The lowest BCUT2D eigenvalue weighted by Crippen LogP contribution is -2.16. The minimum atomic E-state index is -0.443. The molecule has 0 saturated carbocycles. The Morgan fingerprint density at radius 3 is 2.93 bits per heavy atom. The molecule has 0 saturated heterocycles. The predicted octanol–water partition coefficient (Wildman–Crippen LogP) is 1.75. The van der Waals surface area contributed by atoms with Gasteiger partial charge < -0.3 is 5.11 Å². The van der Waals surface area contributed by atoms with E-state index in [9.17, 15) is 9.90 Å².